The van der Waals surface area contributed by atoms with Gasteiger partial charge in [0.1, 0.15) is 5.82 Å². The molecule has 0 fully saturated rings. The molecular formula is C12H17ClN4O2S. The van der Waals surface area contributed by atoms with Gasteiger partial charge in [0, 0.05) is 30.3 Å². The molecule has 2 aromatic heterocycles. The number of aromatic nitrogens is 4. The second kappa shape index (κ2) is 5.57. The van der Waals surface area contributed by atoms with E-state index in [4.69, 9.17) is 10.7 Å². The third-order valence-electron chi connectivity index (χ3n) is 2.99. The molecule has 0 bridgehead atoms. The molecule has 0 saturated carbocycles. The van der Waals surface area contributed by atoms with Crippen LogP contribution in [0.5, 0.6) is 0 Å². The zero-order valence-corrected chi connectivity index (χ0v) is 13.2. The van der Waals surface area contributed by atoms with Crippen LogP contribution in [0.25, 0.3) is 0 Å². The summed E-state index contributed by atoms with van der Waals surface area (Å²) in [7, 11) is 3.42. The molecule has 2 rings (SSSR count). The van der Waals surface area contributed by atoms with Crippen LogP contribution in [0.1, 0.15) is 30.6 Å². The first kappa shape index (κ1) is 15.1. The lowest BCUT2D eigenvalue weighted by atomic mass is 10.3. The van der Waals surface area contributed by atoms with E-state index in [-0.39, 0.29) is 5.03 Å². The molecule has 0 saturated heterocycles. The van der Waals surface area contributed by atoms with Crippen LogP contribution in [0.15, 0.2) is 17.3 Å². The van der Waals surface area contributed by atoms with E-state index in [0.29, 0.717) is 18.8 Å². The second-order valence-corrected chi connectivity index (χ2v) is 7.22. The van der Waals surface area contributed by atoms with Gasteiger partial charge in [-0.25, -0.2) is 13.4 Å². The van der Waals surface area contributed by atoms with Gasteiger partial charge in [-0.1, -0.05) is 6.92 Å². The van der Waals surface area contributed by atoms with Gasteiger partial charge in [0.2, 0.25) is 0 Å². The number of halogens is 1. The Bertz CT molecular complexity index is 718. The summed E-state index contributed by atoms with van der Waals surface area (Å²) >= 11 is 0. The van der Waals surface area contributed by atoms with Gasteiger partial charge in [-0.2, -0.15) is 5.10 Å². The Morgan fingerprint density at radius 1 is 1.40 bits per heavy atom. The van der Waals surface area contributed by atoms with Crippen LogP contribution in [0.2, 0.25) is 0 Å². The van der Waals surface area contributed by atoms with Gasteiger partial charge >= 0.3 is 0 Å². The van der Waals surface area contributed by atoms with Crippen molar-refractivity contribution in [2.45, 2.75) is 38.3 Å². The molecule has 20 heavy (non-hydrogen) atoms. The summed E-state index contributed by atoms with van der Waals surface area (Å²) in [6.07, 6.45) is 3.06. The Morgan fingerprint density at radius 2 is 2.10 bits per heavy atom. The summed E-state index contributed by atoms with van der Waals surface area (Å²) in [6, 6.07) is 1.96. The third kappa shape index (κ3) is 3.21. The van der Waals surface area contributed by atoms with E-state index in [2.05, 4.69) is 10.1 Å². The lowest BCUT2D eigenvalue weighted by Crippen LogP contribution is -2.08. The molecule has 6 nitrogen and oxygen atoms in total. The number of rotatable bonds is 5. The minimum Gasteiger partial charge on any atom is -0.328 e. The average molecular weight is 317 g/mol. The Labute approximate surface area is 122 Å². The molecule has 0 radical (unpaired) electrons. The minimum absolute atomic E-state index is 0.0958. The predicted octanol–water partition coefficient (Wildman–Crippen LogP) is 1.85. The second-order valence-electron chi connectivity index (χ2n) is 4.71. The SMILES string of the molecule is CCCc1nc(S(=O)(=O)Cl)cn1Cc1cc(C)nn1C. The van der Waals surface area contributed by atoms with Crippen molar-refractivity contribution in [2.75, 3.05) is 0 Å². The monoisotopic (exact) mass is 316 g/mol. The van der Waals surface area contributed by atoms with Crippen molar-refractivity contribution in [1.82, 2.24) is 19.3 Å². The molecule has 0 N–H and O–H groups in total. The number of hydrogen-bond acceptors (Lipinski definition) is 4. The summed E-state index contributed by atoms with van der Waals surface area (Å²) in [5.74, 6) is 0.713. The predicted molar refractivity (Wildman–Crippen MR) is 76.3 cm³/mol. The highest BCUT2D eigenvalue weighted by Crippen LogP contribution is 2.17. The van der Waals surface area contributed by atoms with Gasteiger partial charge < -0.3 is 4.57 Å². The highest BCUT2D eigenvalue weighted by molar-refractivity contribution is 8.13. The minimum atomic E-state index is -3.80. The van der Waals surface area contributed by atoms with Gasteiger partial charge in [-0.05, 0) is 19.4 Å². The fourth-order valence-electron chi connectivity index (χ4n) is 2.09. The summed E-state index contributed by atoms with van der Waals surface area (Å²) in [6.45, 7) is 4.45. The Hall–Kier alpha value is -1.34. The lowest BCUT2D eigenvalue weighted by Gasteiger charge is -2.06. The maximum Gasteiger partial charge on any atom is 0.280 e. The molecule has 0 amide bonds. The summed E-state index contributed by atoms with van der Waals surface area (Å²) in [5.41, 5.74) is 1.90. The standard InChI is InChI=1S/C12H17ClN4O2S/c1-4-5-11-14-12(20(13,18)19)8-17(11)7-10-6-9(2)15-16(10)3/h6,8H,4-5,7H2,1-3H3. The highest BCUT2D eigenvalue weighted by atomic mass is 35.7. The molecule has 0 aromatic carbocycles. The third-order valence-corrected chi connectivity index (χ3v) is 4.16. The fraction of sp³-hybridized carbons (Fsp3) is 0.500. The van der Waals surface area contributed by atoms with Crippen LogP contribution in [0.4, 0.5) is 0 Å². The molecule has 0 spiro atoms. The van der Waals surface area contributed by atoms with Crippen LogP contribution in [-0.2, 0) is 29.1 Å². The molecule has 0 unspecified atom stereocenters. The van der Waals surface area contributed by atoms with Crippen LogP contribution < -0.4 is 0 Å². The zero-order valence-electron chi connectivity index (χ0n) is 11.7. The molecule has 0 atom stereocenters. The fourth-order valence-corrected chi connectivity index (χ4v) is 2.78. The molecule has 2 aromatic rings. The molecule has 2 heterocycles. The normalized spacial score (nSPS) is 12.0. The number of hydrogen-bond donors (Lipinski definition) is 0. The van der Waals surface area contributed by atoms with Crippen LogP contribution in [-0.4, -0.2) is 27.7 Å². The Balaban J connectivity index is 2.39. The highest BCUT2D eigenvalue weighted by Gasteiger charge is 2.18. The van der Waals surface area contributed by atoms with E-state index in [1.807, 2.05) is 31.5 Å². The molecular weight excluding hydrogens is 300 g/mol. The average Bonchev–Trinajstić information content (AvgIpc) is 2.84. The molecule has 8 heteroatoms. The van der Waals surface area contributed by atoms with Crippen LogP contribution in [0.3, 0.4) is 0 Å². The topological polar surface area (TPSA) is 69.8 Å². The van der Waals surface area contributed by atoms with Gasteiger partial charge in [0.25, 0.3) is 9.05 Å². The van der Waals surface area contributed by atoms with Crippen molar-refractivity contribution < 1.29 is 8.42 Å². The van der Waals surface area contributed by atoms with E-state index in [9.17, 15) is 8.42 Å². The van der Waals surface area contributed by atoms with Crippen molar-refractivity contribution in [2.24, 2.45) is 7.05 Å². The van der Waals surface area contributed by atoms with E-state index < -0.39 is 9.05 Å². The van der Waals surface area contributed by atoms with Gasteiger partial charge in [-0.15, -0.1) is 0 Å². The Morgan fingerprint density at radius 3 is 2.60 bits per heavy atom. The molecule has 110 valence electrons. The first-order valence-corrected chi connectivity index (χ1v) is 8.62. The van der Waals surface area contributed by atoms with Crippen LogP contribution >= 0.6 is 10.7 Å². The number of imidazole rings is 1. The molecule has 0 aliphatic heterocycles. The van der Waals surface area contributed by atoms with Crippen molar-refractivity contribution in [3.05, 3.63) is 29.5 Å². The van der Waals surface area contributed by atoms with Crippen molar-refractivity contribution in [3.8, 4) is 0 Å². The van der Waals surface area contributed by atoms with E-state index in [1.54, 1.807) is 4.68 Å². The van der Waals surface area contributed by atoms with Crippen molar-refractivity contribution >= 4 is 19.7 Å². The van der Waals surface area contributed by atoms with Gasteiger partial charge in [0.05, 0.1) is 17.9 Å². The smallest absolute Gasteiger partial charge is 0.280 e. The quantitative estimate of drug-likeness (QED) is 0.789. The summed E-state index contributed by atoms with van der Waals surface area (Å²) < 4.78 is 26.4. The number of nitrogens with zero attached hydrogens (tertiary/aromatic N) is 4. The first-order valence-electron chi connectivity index (χ1n) is 6.31. The summed E-state index contributed by atoms with van der Waals surface area (Å²) in [4.78, 5) is 4.12. The van der Waals surface area contributed by atoms with E-state index in [1.165, 1.54) is 6.20 Å². The molecule has 0 aliphatic carbocycles. The van der Waals surface area contributed by atoms with Gasteiger partial charge in [0.15, 0.2) is 5.03 Å². The largest absolute Gasteiger partial charge is 0.328 e. The maximum atomic E-state index is 11.4. The van der Waals surface area contributed by atoms with Crippen LogP contribution in [0, 0.1) is 6.92 Å². The Kier molecular flexibility index (Phi) is 4.19. The summed E-state index contributed by atoms with van der Waals surface area (Å²) in [5, 5.41) is 4.18. The molecule has 0 aliphatic rings. The van der Waals surface area contributed by atoms with Crippen molar-refractivity contribution in [3.63, 3.8) is 0 Å². The first-order chi connectivity index (χ1) is 9.31. The maximum absolute atomic E-state index is 11.4. The van der Waals surface area contributed by atoms with Gasteiger partial charge in [-0.3, -0.25) is 4.68 Å². The van der Waals surface area contributed by atoms with E-state index >= 15 is 0 Å². The zero-order chi connectivity index (χ0) is 14.9. The van der Waals surface area contributed by atoms with Crippen molar-refractivity contribution in [1.29, 1.82) is 0 Å². The number of aryl methyl sites for hydroxylation is 3. The lowest BCUT2D eigenvalue weighted by molar-refractivity contribution is 0.606. The van der Waals surface area contributed by atoms with E-state index in [0.717, 1.165) is 17.8 Å².